The molecule has 3 aromatic carbocycles. The smallest absolute Gasteiger partial charge is 0.411 e. The Hall–Kier alpha value is -5.26. The van der Waals surface area contributed by atoms with Crippen molar-refractivity contribution < 1.29 is 48.1 Å². The van der Waals surface area contributed by atoms with Crippen molar-refractivity contribution in [1.82, 2.24) is 9.80 Å². The maximum Gasteiger partial charge on any atom is 0.411 e. The minimum absolute atomic E-state index is 0.149. The van der Waals surface area contributed by atoms with Gasteiger partial charge in [-0.3, -0.25) is 19.4 Å². The lowest BCUT2D eigenvalue weighted by Gasteiger charge is -2.43. The highest BCUT2D eigenvalue weighted by Crippen LogP contribution is 2.35. The van der Waals surface area contributed by atoms with Gasteiger partial charge in [0.1, 0.15) is 17.2 Å². The molecule has 5 rings (SSSR count). The van der Waals surface area contributed by atoms with E-state index in [2.05, 4.69) is 0 Å². The number of benzene rings is 3. The van der Waals surface area contributed by atoms with E-state index in [-0.39, 0.29) is 31.0 Å². The Morgan fingerprint density at radius 1 is 0.704 bits per heavy atom. The average Bonchev–Trinajstić information content (AvgIpc) is 3.12. The number of Topliss-reactive ketones (excluding diaryl/α,β-unsaturated/α-hetero) is 2. The van der Waals surface area contributed by atoms with Crippen molar-refractivity contribution in [1.29, 1.82) is 0 Å². The molecule has 0 saturated carbocycles. The second-order valence-corrected chi connectivity index (χ2v) is 16.1. The third-order valence-corrected chi connectivity index (χ3v) is 9.65. The topological polar surface area (TPSA) is 157 Å². The van der Waals surface area contributed by atoms with Gasteiger partial charge in [-0.25, -0.2) is 19.2 Å². The number of esters is 1. The third-order valence-electron chi connectivity index (χ3n) is 9.65. The molecule has 2 fully saturated rings. The van der Waals surface area contributed by atoms with E-state index in [0.29, 0.717) is 36.9 Å². The fourth-order valence-corrected chi connectivity index (χ4v) is 6.95. The lowest BCUT2D eigenvalue weighted by atomic mass is 9.81. The van der Waals surface area contributed by atoms with Crippen molar-refractivity contribution in [3.8, 4) is 11.1 Å². The van der Waals surface area contributed by atoms with Gasteiger partial charge in [-0.1, -0.05) is 48.5 Å². The molecule has 2 atom stereocenters. The molecule has 2 aliphatic rings. The highest BCUT2D eigenvalue weighted by Gasteiger charge is 2.51. The fourth-order valence-electron chi connectivity index (χ4n) is 6.95. The van der Waals surface area contributed by atoms with Crippen LogP contribution in [0.5, 0.6) is 0 Å². The van der Waals surface area contributed by atoms with E-state index in [0.717, 1.165) is 34.7 Å². The van der Waals surface area contributed by atoms with Crippen molar-refractivity contribution in [3.05, 3.63) is 71.8 Å². The summed E-state index contributed by atoms with van der Waals surface area (Å²) < 4.78 is 16.4. The van der Waals surface area contributed by atoms with E-state index in [1.165, 1.54) is 9.80 Å². The Bertz CT molecular complexity index is 1920. The van der Waals surface area contributed by atoms with Gasteiger partial charge in [0, 0.05) is 30.6 Å². The molecule has 0 aromatic heterocycles. The number of hydrogen-bond donors (Lipinski definition) is 1. The predicted octanol–water partition coefficient (Wildman–Crippen LogP) is 7.84. The number of carbonyl (C=O) groups is 6. The molecule has 2 saturated heterocycles. The van der Waals surface area contributed by atoms with Crippen molar-refractivity contribution in [2.75, 3.05) is 19.7 Å². The van der Waals surface area contributed by atoms with Gasteiger partial charge in [0.05, 0.1) is 0 Å². The molecule has 12 heteroatoms. The number of carbonyl (C=O) groups excluding carboxylic acids is 5. The lowest BCUT2D eigenvalue weighted by Crippen LogP contribution is -2.61. The zero-order valence-corrected chi connectivity index (χ0v) is 31.9. The van der Waals surface area contributed by atoms with Crippen molar-refractivity contribution >= 4 is 46.5 Å². The average molecular weight is 743 g/mol. The van der Waals surface area contributed by atoms with Crippen LogP contribution in [0, 0.1) is 0 Å². The molecule has 0 spiro atoms. The van der Waals surface area contributed by atoms with Crippen LogP contribution < -0.4 is 0 Å². The number of piperidine rings is 2. The van der Waals surface area contributed by atoms with Crippen LogP contribution in [0.2, 0.25) is 0 Å². The summed E-state index contributed by atoms with van der Waals surface area (Å²) in [5, 5.41) is 12.0. The maximum atomic E-state index is 13.5. The van der Waals surface area contributed by atoms with Gasteiger partial charge in [0.25, 0.3) is 0 Å². The molecule has 2 amide bonds. The monoisotopic (exact) mass is 742 g/mol. The number of hydrogen-bond acceptors (Lipinski definition) is 9. The Morgan fingerprint density at radius 3 is 1.96 bits per heavy atom. The van der Waals surface area contributed by atoms with Gasteiger partial charge in [-0.15, -0.1) is 0 Å². The molecule has 0 unspecified atom stereocenters. The molecule has 12 nitrogen and oxygen atoms in total. The molecule has 0 bridgehead atoms. The highest BCUT2D eigenvalue weighted by molar-refractivity contribution is 6.03. The van der Waals surface area contributed by atoms with Gasteiger partial charge >= 0.3 is 24.1 Å². The van der Waals surface area contributed by atoms with Crippen LogP contribution in [0.15, 0.2) is 60.7 Å². The van der Waals surface area contributed by atoms with E-state index >= 15 is 0 Å². The summed E-state index contributed by atoms with van der Waals surface area (Å²) in [5.74, 6) is -2.63. The normalized spacial score (nSPS) is 19.2. The first-order valence-electron chi connectivity index (χ1n) is 18.5. The summed E-state index contributed by atoms with van der Waals surface area (Å²) in [6, 6.07) is 17.0. The molecule has 0 radical (unpaired) electrons. The van der Waals surface area contributed by atoms with Crippen LogP contribution in [0.25, 0.3) is 21.9 Å². The number of likely N-dealkylation sites (tertiary alicyclic amines) is 2. The fraction of sp³-hybridized carbons (Fsp3) is 0.476. The van der Waals surface area contributed by atoms with Crippen LogP contribution in [0.1, 0.15) is 107 Å². The van der Waals surface area contributed by atoms with Crippen molar-refractivity contribution in [3.63, 3.8) is 0 Å². The Kier molecular flexibility index (Phi) is 11.8. The second kappa shape index (κ2) is 16.0. The zero-order valence-electron chi connectivity index (χ0n) is 31.9. The van der Waals surface area contributed by atoms with Crippen LogP contribution in [0.4, 0.5) is 9.59 Å². The van der Waals surface area contributed by atoms with E-state index in [4.69, 9.17) is 14.2 Å². The predicted molar refractivity (Wildman–Crippen MR) is 201 cm³/mol. The maximum absolute atomic E-state index is 13.5. The van der Waals surface area contributed by atoms with E-state index in [1.807, 2.05) is 24.3 Å². The molecule has 3 aromatic rings. The molecular formula is C42H50N2O10. The Morgan fingerprint density at radius 2 is 1.30 bits per heavy atom. The minimum atomic E-state index is -1.70. The number of fused-ring (bicyclic) bond motifs is 1. The van der Waals surface area contributed by atoms with Gasteiger partial charge < -0.3 is 19.3 Å². The van der Waals surface area contributed by atoms with E-state index in [1.54, 1.807) is 77.9 Å². The second-order valence-electron chi connectivity index (χ2n) is 16.1. The standard InChI is InChI=1S/C42H50N2O10/c1-40(2,3)53-38(50)43-21-9-7-11-33(43)36(47)52-26-35(46)32-19-18-30-23-29(16-17-31(30)24-32)27-12-14-28(15-13-27)34(45)25-42(37(48)49)20-8-10-22-44(42)39(51)54-41(4,5)6/h12-19,23-24,33H,7-11,20-22,25-26H2,1-6H3,(H,48,49)/t33-,42+/m0/s1. The first-order chi connectivity index (χ1) is 25.4. The van der Waals surface area contributed by atoms with Crippen molar-refractivity contribution in [2.24, 2.45) is 0 Å². The SMILES string of the molecule is CC(C)(C)OC(=O)N1CCCC[C@H]1C(=O)OCC(=O)c1ccc2cc(-c3ccc(C(=O)C[C@@]4(C(=O)O)CCCCN4C(=O)OC(C)(C)C)cc3)ccc2c1. The summed E-state index contributed by atoms with van der Waals surface area (Å²) in [6.45, 7) is 10.5. The summed E-state index contributed by atoms with van der Waals surface area (Å²) in [6.07, 6.45) is 1.58. The van der Waals surface area contributed by atoms with Crippen LogP contribution >= 0.6 is 0 Å². The number of aliphatic carboxylic acids is 1. The molecule has 2 aliphatic heterocycles. The Balaban J connectivity index is 1.23. The number of rotatable bonds is 9. The highest BCUT2D eigenvalue weighted by atomic mass is 16.6. The van der Waals surface area contributed by atoms with Crippen LogP contribution in [0.3, 0.4) is 0 Å². The van der Waals surface area contributed by atoms with E-state index in [9.17, 15) is 33.9 Å². The third kappa shape index (κ3) is 9.45. The summed E-state index contributed by atoms with van der Waals surface area (Å²) in [7, 11) is 0. The van der Waals surface area contributed by atoms with Gasteiger partial charge in [-0.05, 0) is 114 Å². The van der Waals surface area contributed by atoms with Gasteiger partial charge in [0.2, 0.25) is 0 Å². The summed E-state index contributed by atoms with van der Waals surface area (Å²) in [5.41, 5.74) is -0.830. The van der Waals surface area contributed by atoms with Crippen LogP contribution in [-0.4, -0.2) is 93.1 Å². The summed E-state index contributed by atoms with van der Waals surface area (Å²) in [4.78, 5) is 80.6. The molecule has 288 valence electrons. The molecule has 1 N–H and O–H groups in total. The Labute approximate surface area is 315 Å². The number of ketones is 2. The first kappa shape index (κ1) is 39.9. The number of carboxylic acid groups (broad SMARTS) is 1. The first-order valence-corrected chi connectivity index (χ1v) is 18.5. The van der Waals surface area contributed by atoms with Crippen LogP contribution in [-0.2, 0) is 23.8 Å². The quantitative estimate of drug-likeness (QED) is 0.130. The number of nitrogens with zero attached hydrogens (tertiary/aromatic N) is 2. The lowest BCUT2D eigenvalue weighted by molar-refractivity contribution is -0.153. The summed E-state index contributed by atoms with van der Waals surface area (Å²) >= 11 is 0. The van der Waals surface area contributed by atoms with E-state index < -0.39 is 53.5 Å². The molecule has 2 heterocycles. The minimum Gasteiger partial charge on any atom is -0.479 e. The molecule has 0 aliphatic carbocycles. The number of carboxylic acids is 1. The van der Waals surface area contributed by atoms with Gasteiger partial charge in [-0.2, -0.15) is 0 Å². The largest absolute Gasteiger partial charge is 0.479 e. The number of ether oxygens (including phenoxy) is 3. The van der Waals surface area contributed by atoms with Crippen molar-refractivity contribution in [2.45, 2.75) is 109 Å². The molecule has 54 heavy (non-hydrogen) atoms. The number of amides is 2. The van der Waals surface area contributed by atoms with Gasteiger partial charge in [0.15, 0.2) is 23.7 Å². The molecular weight excluding hydrogens is 692 g/mol. The zero-order chi connectivity index (χ0) is 39.4.